The Morgan fingerprint density at radius 3 is 0.893 bits per heavy atom. The van der Waals surface area contributed by atoms with E-state index in [4.69, 9.17) is 9.47 Å². The van der Waals surface area contributed by atoms with Crippen LogP contribution in [0.1, 0.15) is 81.0 Å². The molecule has 0 aliphatic heterocycles. The van der Waals surface area contributed by atoms with Crippen LogP contribution in [-0.4, -0.2) is 14.2 Å². The van der Waals surface area contributed by atoms with Crippen molar-refractivity contribution in [1.29, 1.82) is 0 Å². The lowest BCUT2D eigenvalue weighted by Crippen LogP contribution is -2.14. The number of hydrogen-bond acceptors (Lipinski definition) is 2. The molecule has 0 amide bonds. The van der Waals surface area contributed by atoms with Gasteiger partial charge in [-0.15, -0.1) is 0 Å². The average Bonchev–Trinajstić information content (AvgIpc) is 4.09. The summed E-state index contributed by atoms with van der Waals surface area (Å²) < 4.78 is 13.2. The molecule has 0 N–H and O–H groups in total. The molecule has 4 unspecified atom stereocenters. The molecule has 0 aromatic heterocycles. The Morgan fingerprint density at radius 2 is 0.625 bits per heavy atom. The summed E-state index contributed by atoms with van der Waals surface area (Å²) in [5, 5.41) is 10.7. The van der Waals surface area contributed by atoms with Gasteiger partial charge < -0.3 is 9.47 Å². The van der Waals surface area contributed by atoms with E-state index in [-0.39, 0.29) is 0 Å². The van der Waals surface area contributed by atoms with E-state index in [9.17, 15) is 0 Å². The van der Waals surface area contributed by atoms with Gasteiger partial charge in [-0.2, -0.15) is 0 Å². The van der Waals surface area contributed by atoms with E-state index in [2.05, 4.69) is 121 Å². The predicted octanol–water partition coefficient (Wildman–Crippen LogP) is 13.6. The second-order valence-electron chi connectivity index (χ2n) is 17.3. The van der Waals surface area contributed by atoms with Gasteiger partial charge in [-0.3, -0.25) is 0 Å². The Labute approximate surface area is 323 Å². The van der Waals surface area contributed by atoms with Gasteiger partial charge in [-0.25, -0.2) is 0 Å². The number of ether oxygens (including phenoxy) is 2. The molecule has 9 aromatic carbocycles. The van der Waals surface area contributed by atoms with Crippen molar-refractivity contribution in [3.8, 4) is 56.0 Å². The molecular weight excluding hydrogens is 681 g/mol. The molecule has 4 bridgehead atoms. The first kappa shape index (κ1) is 29.0. The van der Waals surface area contributed by atoms with Crippen molar-refractivity contribution in [2.24, 2.45) is 0 Å². The Kier molecular flexibility index (Phi) is 4.93. The van der Waals surface area contributed by atoms with Gasteiger partial charge >= 0.3 is 0 Å². The third-order valence-corrected chi connectivity index (χ3v) is 15.1. The number of methoxy groups -OCH3 is 2. The molecule has 2 nitrogen and oxygen atoms in total. The SMILES string of the molecule is COc1c2c(c(OC)c3c1C1CC3c3cc4cc5c(cc4cc31)-c1cccc3cccc-5c13)C1CC2c2cc3cc4c(cc3cc21)-c1cccc2cccc-4c12. The molecule has 6 aliphatic carbocycles. The Balaban J connectivity index is 0.902. The molecule has 15 rings (SSSR count). The summed E-state index contributed by atoms with van der Waals surface area (Å²) in [6, 6.07) is 46.9. The highest BCUT2D eigenvalue weighted by Gasteiger charge is 2.53. The van der Waals surface area contributed by atoms with Crippen LogP contribution in [0.5, 0.6) is 11.5 Å². The normalized spacial score (nSPS) is 20.2. The third-order valence-electron chi connectivity index (χ3n) is 15.1. The first-order chi connectivity index (χ1) is 27.7. The molecule has 56 heavy (non-hydrogen) atoms. The van der Waals surface area contributed by atoms with E-state index in [1.807, 2.05) is 14.2 Å². The van der Waals surface area contributed by atoms with E-state index in [1.165, 1.54) is 132 Å². The van der Waals surface area contributed by atoms with Crippen LogP contribution in [0.2, 0.25) is 0 Å². The van der Waals surface area contributed by atoms with Gasteiger partial charge in [-0.05, 0) is 147 Å². The molecule has 4 atom stereocenters. The maximum absolute atomic E-state index is 6.61. The van der Waals surface area contributed by atoms with Crippen LogP contribution >= 0.6 is 0 Å². The minimum atomic E-state index is 0.305. The van der Waals surface area contributed by atoms with E-state index in [0.717, 1.165) is 24.3 Å². The van der Waals surface area contributed by atoms with Crippen LogP contribution in [0, 0.1) is 0 Å². The lowest BCUT2D eigenvalue weighted by Gasteiger charge is -2.31. The van der Waals surface area contributed by atoms with Crippen molar-refractivity contribution in [2.45, 2.75) is 36.5 Å². The quantitative estimate of drug-likeness (QED) is 0.177. The summed E-state index contributed by atoms with van der Waals surface area (Å²) in [7, 11) is 3.82. The second kappa shape index (κ2) is 9.52. The monoisotopic (exact) mass is 714 g/mol. The predicted molar refractivity (Wildman–Crippen MR) is 228 cm³/mol. The van der Waals surface area contributed by atoms with Crippen molar-refractivity contribution in [1.82, 2.24) is 0 Å². The smallest absolute Gasteiger partial charge is 0.127 e. The Morgan fingerprint density at radius 1 is 0.339 bits per heavy atom. The van der Waals surface area contributed by atoms with Crippen LogP contribution in [0.3, 0.4) is 0 Å². The highest BCUT2D eigenvalue weighted by atomic mass is 16.5. The second-order valence-corrected chi connectivity index (χ2v) is 17.3. The fourth-order valence-corrected chi connectivity index (χ4v) is 13.1. The fraction of sp³-hybridized carbons (Fsp3) is 0.148. The first-order valence-corrected chi connectivity index (χ1v) is 20.3. The van der Waals surface area contributed by atoms with E-state index < -0.39 is 0 Å². The minimum Gasteiger partial charge on any atom is -0.496 e. The van der Waals surface area contributed by atoms with Crippen LogP contribution in [0.4, 0.5) is 0 Å². The zero-order chi connectivity index (χ0) is 36.3. The zero-order valence-corrected chi connectivity index (χ0v) is 31.1. The van der Waals surface area contributed by atoms with Crippen molar-refractivity contribution >= 4 is 43.1 Å². The molecule has 2 heteroatoms. The Bertz CT molecular complexity index is 2990. The molecule has 0 heterocycles. The van der Waals surface area contributed by atoms with E-state index in [0.29, 0.717) is 23.7 Å². The molecule has 0 spiro atoms. The fourth-order valence-electron chi connectivity index (χ4n) is 13.1. The third kappa shape index (κ3) is 3.14. The van der Waals surface area contributed by atoms with Crippen LogP contribution in [-0.2, 0) is 0 Å². The maximum Gasteiger partial charge on any atom is 0.127 e. The van der Waals surface area contributed by atoms with Crippen LogP contribution in [0.15, 0.2) is 121 Å². The van der Waals surface area contributed by atoms with Crippen molar-refractivity contribution in [3.05, 3.63) is 166 Å². The molecule has 0 fully saturated rings. The first-order valence-electron chi connectivity index (χ1n) is 20.3. The molecule has 9 aromatic rings. The van der Waals surface area contributed by atoms with Crippen molar-refractivity contribution < 1.29 is 9.47 Å². The summed E-state index contributed by atoms with van der Waals surface area (Å²) in [4.78, 5) is 0. The Hall–Kier alpha value is -6.38. The molecule has 0 saturated heterocycles. The highest BCUT2D eigenvalue weighted by molar-refractivity contribution is 6.18. The topological polar surface area (TPSA) is 18.5 Å². The van der Waals surface area contributed by atoms with Gasteiger partial charge in [0.15, 0.2) is 0 Å². The van der Waals surface area contributed by atoms with E-state index in [1.54, 1.807) is 0 Å². The van der Waals surface area contributed by atoms with Crippen LogP contribution < -0.4 is 9.47 Å². The summed E-state index contributed by atoms with van der Waals surface area (Å²) in [6.45, 7) is 0. The summed E-state index contributed by atoms with van der Waals surface area (Å²) in [6.07, 6.45) is 2.18. The molecule has 0 saturated carbocycles. The molecular formula is C54H34O2. The van der Waals surface area contributed by atoms with Gasteiger partial charge in [0.05, 0.1) is 14.2 Å². The average molecular weight is 715 g/mol. The number of fused-ring (bicyclic) bond motifs is 24. The minimum absolute atomic E-state index is 0.305. The highest BCUT2D eigenvalue weighted by Crippen LogP contribution is 2.70. The van der Waals surface area contributed by atoms with Crippen molar-refractivity contribution in [3.63, 3.8) is 0 Å². The number of rotatable bonds is 2. The van der Waals surface area contributed by atoms with E-state index >= 15 is 0 Å². The van der Waals surface area contributed by atoms with Gasteiger partial charge in [-0.1, -0.05) is 97.1 Å². The summed E-state index contributed by atoms with van der Waals surface area (Å²) in [5.74, 6) is 3.47. The van der Waals surface area contributed by atoms with Gasteiger partial charge in [0.25, 0.3) is 0 Å². The molecule has 6 aliphatic rings. The maximum atomic E-state index is 6.61. The largest absolute Gasteiger partial charge is 0.496 e. The number of hydrogen-bond donors (Lipinski definition) is 0. The lowest BCUT2D eigenvalue weighted by atomic mass is 9.76. The summed E-state index contributed by atoms with van der Waals surface area (Å²) in [5.41, 5.74) is 22.3. The zero-order valence-electron chi connectivity index (χ0n) is 31.1. The molecule has 0 radical (unpaired) electrons. The lowest BCUT2D eigenvalue weighted by molar-refractivity contribution is 0.388. The van der Waals surface area contributed by atoms with Gasteiger partial charge in [0.1, 0.15) is 11.5 Å². The molecule has 262 valence electrons. The van der Waals surface area contributed by atoms with Crippen molar-refractivity contribution in [2.75, 3.05) is 14.2 Å². The number of benzene rings is 9. The van der Waals surface area contributed by atoms with Gasteiger partial charge in [0, 0.05) is 45.9 Å². The van der Waals surface area contributed by atoms with Gasteiger partial charge in [0.2, 0.25) is 0 Å². The van der Waals surface area contributed by atoms with Crippen LogP contribution in [0.25, 0.3) is 87.6 Å². The standard InChI is InChI=1S/C54H34O2/c1-55-53-49-43-23-45(41-21-29-17-37-33-13-5-9-25-7-3-11-31(47(25)33)35(37)15-27(29)19-39(41)43)51(49)54(56-2)52-46-24-44(50(52)53)40-20-28-16-36-32-12-4-8-26-10-6-14-34(48(26)32)38(36)18-30(28)22-42(40)46/h3-22,43-46H,23-24H2,1-2H3. The summed E-state index contributed by atoms with van der Waals surface area (Å²) >= 11 is 0.